The van der Waals surface area contributed by atoms with Gasteiger partial charge in [-0.15, -0.1) is 0 Å². The first-order valence-corrected chi connectivity index (χ1v) is 10.3. The van der Waals surface area contributed by atoms with Crippen LogP contribution in [0.15, 0.2) is 36.4 Å². The van der Waals surface area contributed by atoms with E-state index >= 15 is 0 Å². The maximum Gasteiger partial charge on any atom is 0.311 e. The Bertz CT molecular complexity index is 861. The highest BCUT2D eigenvalue weighted by Crippen LogP contribution is 2.37. The van der Waals surface area contributed by atoms with Gasteiger partial charge in [0, 0.05) is 13.1 Å². The van der Waals surface area contributed by atoms with Crippen molar-refractivity contribution in [3.8, 4) is 11.5 Å². The second kappa shape index (κ2) is 8.36. The lowest BCUT2D eigenvalue weighted by molar-refractivity contribution is -0.135. The number of carbonyl (C=O) groups is 1. The van der Waals surface area contributed by atoms with Crippen molar-refractivity contribution in [3.05, 3.63) is 58.7 Å². The summed E-state index contributed by atoms with van der Waals surface area (Å²) in [5, 5.41) is 0. The predicted molar refractivity (Wildman–Crippen MR) is 110 cm³/mol. The number of carbonyl (C=O) groups excluding carboxylic acids is 1. The van der Waals surface area contributed by atoms with Gasteiger partial charge >= 0.3 is 5.97 Å². The number of hydrogen-bond acceptors (Lipinski definition) is 4. The van der Waals surface area contributed by atoms with Crippen LogP contribution in [0.25, 0.3) is 0 Å². The molecule has 0 radical (unpaired) electrons. The molecule has 4 rings (SSSR count). The number of fused-ring (bicyclic) bond motifs is 2. The lowest BCUT2D eigenvalue weighted by Crippen LogP contribution is -2.28. The molecule has 1 unspecified atom stereocenters. The monoisotopic (exact) mass is 379 g/mol. The van der Waals surface area contributed by atoms with E-state index in [1.54, 1.807) is 7.11 Å². The molecule has 0 spiro atoms. The van der Waals surface area contributed by atoms with Crippen LogP contribution in [0.1, 0.15) is 47.4 Å². The zero-order valence-electron chi connectivity index (χ0n) is 16.9. The third-order valence-electron chi connectivity index (χ3n) is 6.07. The summed E-state index contributed by atoms with van der Waals surface area (Å²) in [6, 6.07) is 12.7. The van der Waals surface area contributed by atoms with E-state index in [9.17, 15) is 4.79 Å². The molecule has 0 saturated heterocycles. The van der Waals surface area contributed by atoms with Crippen LogP contribution in [0.3, 0.4) is 0 Å². The summed E-state index contributed by atoms with van der Waals surface area (Å²) in [4.78, 5) is 13.8. The summed E-state index contributed by atoms with van der Waals surface area (Å²) in [6.07, 6.45) is 5.89. The Morgan fingerprint density at radius 3 is 2.93 bits per heavy atom. The van der Waals surface area contributed by atoms with Gasteiger partial charge in [0.05, 0.1) is 13.5 Å². The highest BCUT2D eigenvalue weighted by atomic mass is 16.5. The lowest BCUT2D eigenvalue weighted by Gasteiger charge is -2.30. The van der Waals surface area contributed by atoms with E-state index in [1.807, 2.05) is 6.07 Å². The van der Waals surface area contributed by atoms with Gasteiger partial charge in [0.1, 0.15) is 11.5 Å². The van der Waals surface area contributed by atoms with E-state index in [0.29, 0.717) is 12.3 Å². The van der Waals surface area contributed by atoms with Gasteiger partial charge in [-0.2, -0.15) is 0 Å². The Morgan fingerprint density at radius 2 is 2.07 bits per heavy atom. The van der Waals surface area contributed by atoms with Crippen molar-refractivity contribution in [1.29, 1.82) is 0 Å². The van der Waals surface area contributed by atoms with Gasteiger partial charge in [0.2, 0.25) is 0 Å². The van der Waals surface area contributed by atoms with Crippen molar-refractivity contribution in [1.82, 2.24) is 4.90 Å². The van der Waals surface area contributed by atoms with Crippen molar-refractivity contribution in [2.45, 2.75) is 44.4 Å². The van der Waals surface area contributed by atoms with Crippen LogP contribution in [-0.2, 0) is 24.1 Å². The first-order valence-electron chi connectivity index (χ1n) is 10.3. The highest BCUT2D eigenvalue weighted by Gasteiger charge is 2.24. The minimum Gasteiger partial charge on any atom is -0.496 e. The number of esters is 1. The van der Waals surface area contributed by atoms with Crippen LogP contribution >= 0.6 is 0 Å². The maximum absolute atomic E-state index is 11.4. The Labute approximate surface area is 167 Å². The van der Waals surface area contributed by atoms with Gasteiger partial charge in [-0.25, -0.2) is 0 Å². The maximum atomic E-state index is 11.4. The molecule has 2 aliphatic rings. The van der Waals surface area contributed by atoms with Crippen molar-refractivity contribution in [2.24, 2.45) is 0 Å². The van der Waals surface area contributed by atoms with Crippen molar-refractivity contribution in [3.63, 3.8) is 0 Å². The Hall–Kier alpha value is -2.33. The first kappa shape index (κ1) is 19.0. The minimum absolute atomic E-state index is 0.121. The number of nitrogens with zero attached hydrogens (tertiary/aromatic N) is 1. The van der Waals surface area contributed by atoms with Gasteiger partial charge in [-0.3, -0.25) is 4.79 Å². The SMILES string of the molecule is COc1cccc2c1CCCC2CN(C)CCc1ccc2c(c1)CCC(=O)O2. The van der Waals surface area contributed by atoms with Crippen LogP contribution in [0.5, 0.6) is 11.5 Å². The van der Waals surface area contributed by atoms with E-state index in [-0.39, 0.29) is 5.97 Å². The summed E-state index contributed by atoms with van der Waals surface area (Å²) in [5.41, 5.74) is 5.34. The molecule has 2 aromatic carbocycles. The molecular weight excluding hydrogens is 350 g/mol. The first-order chi connectivity index (χ1) is 13.6. The molecule has 1 heterocycles. The standard InChI is InChI=1S/C24H29NO3/c1-25(14-13-17-9-11-22-18(15-17)10-12-24(26)28-22)16-19-5-3-7-21-20(19)6-4-8-23(21)27-2/h4,6,8-9,11,15,19H,3,5,7,10,12-14,16H2,1-2H3. The van der Waals surface area contributed by atoms with Gasteiger partial charge in [-0.1, -0.05) is 24.3 Å². The number of ether oxygens (including phenoxy) is 2. The van der Waals surface area contributed by atoms with Crippen molar-refractivity contribution in [2.75, 3.05) is 27.2 Å². The molecule has 0 saturated carbocycles. The van der Waals surface area contributed by atoms with Crippen molar-refractivity contribution >= 4 is 5.97 Å². The molecular formula is C24H29NO3. The average molecular weight is 380 g/mol. The molecule has 148 valence electrons. The molecule has 0 amide bonds. The quantitative estimate of drug-likeness (QED) is 0.559. The molecule has 2 aromatic rings. The normalized spacial score (nSPS) is 18.4. The summed E-state index contributed by atoms with van der Waals surface area (Å²) >= 11 is 0. The third kappa shape index (κ3) is 4.07. The largest absolute Gasteiger partial charge is 0.496 e. The number of aryl methyl sites for hydroxylation is 1. The number of benzene rings is 2. The fourth-order valence-corrected chi connectivity index (χ4v) is 4.58. The van der Waals surface area contributed by atoms with Gasteiger partial charge in [0.25, 0.3) is 0 Å². The summed E-state index contributed by atoms with van der Waals surface area (Å²) in [7, 11) is 3.99. The van der Waals surface area contributed by atoms with Gasteiger partial charge < -0.3 is 14.4 Å². The van der Waals surface area contributed by atoms with Crippen molar-refractivity contribution < 1.29 is 14.3 Å². The summed E-state index contributed by atoms with van der Waals surface area (Å²) in [6.45, 7) is 2.09. The number of hydrogen-bond donors (Lipinski definition) is 0. The van der Waals surface area contributed by atoms with Crippen LogP contribution < -0.4 is 9.47 Å². The fourth-order valence-electron chi connectivity index (χ4n) is 4.58. The van der Waals surface area contributed by atoms with E-state index in [1.165, 1.54) is 29.5 Å². The third-order valence-corrected chi connectivity index (χ3v) is 6.07. The lowest BCUT2D eigenvalue weighted by atomic mass is 9.82. The van der Waals surface area contributed by atoms with Crippen LogP contribution in [0.2, 0.25) is 0 Å². The fraction of sp³-hybridized carbons (Fsp3) is 0.458. The number of likely N-dealkylation sites (N-methyl/N-ethyl adjacent to an activating group) is 1. The molecule has 0 fully saturated rings. The molecule has 1 atom stereocenters. The Balaban J connectivity index is 1.37. The average Bonchev–Trinajstić information content (AvgIpc) is 2.72. The second-order valence-electron chi connectivity index (χ2n) is 8.05. The number of rotatable bonds is 6. The molecule has 0 bridgehead atoms. The molecule has 28 heavy (non-hydrogen) atoms. The van der Waals surface area contributed by atoms with Crippen LogP contribution in [0, 0.1) is 0 Å². The molecule has 1 aliphatic carbocycles. The van der Waals surface area contributed by atoms with Gasteiger partial charge in [-0.05, 0) is 79.5 Å². The van der Waals surface area contributed by atoms with E-state index in [0.717, 1.165) is 49.4 Å². The van der Waals surface area contributed by atoms with E-state index in [2.05, 4.69) is 42.3 Å². The van der Waals surface area contributed by atoms with Gasteiger partial charge in [0.15, 0.2) is 0 Å². The highest BCUT2D eigenvalue weighted by molar-refractivity contribution is 5.75. The molecule has 1 aliphatic heterocycles. The summed E-state index contributed by atoms with van der Waals surface area (Å²) in [5.74, 6) is 2.23. The summed E-state index contributed by atoms with van der Waals surface area (Å²) < 4.78 is 10.9. The van der Waals surface area contributed by atoms with E-state index < -0.39 is 0 Å². The Kier molecular flexibility index (Phi) is 5.67. The zero-order valence-corrected chi connectivity index (χ0v) is 16.9. The second-order valence-corrected chi connectivity index (χ2v) is 8.05. The smallest absolute Gasteiger partial charge is 0.311 e. The molecule has 4 nitrogen and oxygen atoms in total. The van der Waals surface area contributed by atoms with E-state index in [4.69, 9.17) is 9.47 Å². The topological polar surface area (TPSA) is 38.8 Å². The minimum atomic E-state index is -0.121. The predicted octanol–water partition coefficient (Wildman–Crippen LogP) is 4.14. The van der Waals surface area contributed by atoms with Crippen LogP contribution in [-0.4, -0.2) is 38.1 Å². The zero-order chi connectivity index (χ0) is 19.5. The molecule has 0 aromatic heterocycles. The molecule has 4 heteroatoms. The molecule has 0 N–H and O–H groups in total. The Morgan fingerprint density at radius 1 is 1.18 bits per heavy atom. The van der Waals surface area contributed by atoms with Crippen LogP contribution in [0.4, 0.5) is 0 Å². The number of methoxy groups -OCH3 is 1.